The van der Waals surface area contributed by atoms with Gasteiger partial charge in [-0.25, -0.2) is 5.84 Å². The molecule has 0 radical (unpaired) electrons. The first-order valence-corrected chi connectivity index (χ1v) is 7.71. The maximum Gasteiger partial charge on any atom is 0.293 e. The van der Waals surface area contributed by atoms with E-state index in [0.29, 0.717) is 22.9 Å². The molecule has 1 aromatic carbocycles. The zero-order valence-electron chi connectivity index (χ0n) is 13.3. The molecule has 8 heteroatoms. The minimum atomic E-state index is -0.763. The van der Waals surface area contributed by atoms with Crippen LogP contribution in [0.3, 0.4) is 0 Å². The molecule has 6 nitrogen and oxygen atoms in total. The molecule has 1 rings (SSSR count). The molecule has 0 aliphatic heterocycles. The molecule has 1 unspecified atom stereocenters. The number of hydrazine groups is 1. The summed E-state index contributed by atoms with van der Waals surface area (Å²) < 4.78 is 9.85. The molecule has 130 valence electrons. The van der Waals surface area contributed by atoms with Gasteiger partial charge < -0.3 is 9.47 Å². The van der Waals surface area contributed by atoms with E-state index in [1.54, 1.807) is 24.3 Å². The van der Waals surface area contributed by atoms with Crippen molar-refractivity contribution in [3.63, 3.8) is 0 Å². The normalized spacial score (nSPS) is 11.7. The molecule has 0 aliphatic rings. The number of hydrogen-bond donors (Lipinski definition) is 2. The van der Waals surface area contributed by atoms with Gasteiger partial charge in [-0.3, -0.25) is 15.0 Å². The maximum absolute atomic E-state index is 11.5. The Labute approximate surface area is 146 Å². The molecule has 0 aliphatic carbocycles. The first kappa shape index (κ1) is 21.7. The summed E-state index contributed by atoms with van der Waals surface area (Å²) in [6.07, 6.45) is -0.763. The van der Waals surface area contributed by atoms with Crippen LogP contribution in [0, 0.1) is 0 Å². The fraction of sp³-hybridized carbons (Fsp3) is 0.467. The molecule has 0 bridgehead atoms. The lowest BCUT2D eigenvalue weighted by Gasteiger charge is -2.15. The Morgan fingerprint density at radius 2 is 1.91 bits per heavy atom. The van der Waals surface area contributed by atoms with Gasteiger partial charge in [0.2, 0.25) is 0 Å². The number of carbonyl (C=O) groups is 2. The second kappa shape index (κ2) is 11.2. The smallest absolute Gasteiger partial charge is 0.293 e. The van der Waals surface area contributed by atoms with Crippen molar-refractivity contribution in [1.29, 1.82) is 0 Å². The van der Waals surface area contributed by atoms with Crippen LogP contribution in [-0.2, 0) is 19.1 Å². The number of amides is 1. The van der Waals surface area contributed by atoms with Crippen molar-refractivity contribution in [1.82, 2.24) is 5.43 Å². The van der Waals surface area contributed by atoms with Crippen LogP contribution in [0.5, 0.6) is 0 Å². The summed E-state index contributed by atoms with van der Waals surface area (Å²) in [4.78, 5) is 21.1. The van der Waals surface area contributed by atoms with Gasteiger partial charge in [-0.15, -0.1) is 11.6 Å². The van der Waals surface area contributed by atoms with E-state index in [1.165, 1.54) is 0 Å². The third-order valence-corrected chi connectivity index (χ3v) is 2.72. The summed E-state index contributed by atoms with van der Waals surface area (Å²) in [5, 5.41) is 0.591. The Morgan fingerprint density at radius 1 is 1.35 bits per heavy atom. The van der Waals surface area contributed by atoms with Crippen LogP contribution in [0.1, 0.15) is 32.4 Å². The number of nitrogens with two attached hydrogens (primary N) is 1. The van der Waals surface area contributed by atoms with E-state index in [4.69, 9.17) is 33.8 Å². The molecule has 0 heterocycles. The van der Waals surface area contributed by atoms with E-state index in [9.17, 15) is 9.59 Å². The van der Waals surface area contributed by atoms with Gasteiger partial charge in [0.1, 0.15) is 5.60 Å². The predicted octanol–water partition coefficient (Wildman–Crippen LogP) is 2.58. The highest BCUT2D eigenvalue weighted by Gasteiger charge is 2.20. The lowest BCUT2D eigenvalue weighted by Crippen LogP contribution is -2.36. The number of alkyl halides is 1. The highest BCUT2D eigenvalue weighted by atomic mass is 35.5. The Kier molecular flexibility index (Phi) is 10.6. The molecule has 0 fully saturated rings. The van der Waals surface area contributed by atoms with E-state index < -0.39 is 12.0 Å². The maximum atomic E-state index is 11.5. The van der Waals surface area contributed by atoms with Crippen LogP contribution < -0.4 is 11.3 Å². The number of ether oxygens (including phenoxy) is 2. The third-order valence-electron chi connectivity index (χ3n) is 2.32. The largest absolute Gasteiger partial charge is 0.462 e. The zero-order valence-corrected chi connectivity index (χ0v) is 14.9. The average molecular weight is 365 g/mol. The van der Waals surface area contributed by atoms with Gasteiger partial charge in [-0.05, 0) is 38.5 Å². The van der Waals surface area contributed by atoms with Crippen LogP contribution in [0.15, 0.2) is 24.3 Å². The molecule has 1 amide bonds. The second-order valence-corrected chi connectivity index (χ2v) is 6.14. The molecule has 1 atom stereocenters. The number of carbonyl (C=O) groups excluding carboxylic acids is 2. The Morgan fingerprint density at radius 3 is 2.26 bits per heavy atom. The standard InChI is InChI=1S/C10H12Cl2N2O2.C5H10O2/c11-5-6-16-9(10(15)14-13)7-1-3-8(12)4-2-7;1-5(2,3)7-4-6/h1-4,9H,5-6,13H2,(H,14,15);4H,1-3H3. The molecule has 0 aromatic heterocycles. The van der Waals surface area contributed by atoms with Crippen molar-refractivity contribution in [2.24, 2.45) is 5.84 Å². The molecule has 23 heavy (non-hydrogen) atoms. The van der Waals surface area contributed by atoms with Crippen LogP contribution in [-0.4, -0.2) is 30.5 Å². The number of benzene rings is 1. The van der Waals surface area contributed by atoms with E-state index in [1.807, 2.05) is 26.2 Å². The molecule has 0 saturated heterocycles. The fourth-order valence-corrected chi connectivity index (χ4v) is 1.56. The van der Waals surface area contributed by atoms with E-state index >= 15 is 0 Å². The SMILES string of the molecule is CC(C)(C)OC=O.NNC(=O)C(OCCCl)c1ccc(Cl)cc1. The summed E-state index contributed by atoms with van der Waals surface area (Å²) in [5.74, 6) is 4.96. The molecular formula is C15H22Cl2N2O4. The van der Waals surface area contributed by atoms with Gasteiger partial charge in [0.05, 0.1) is 6.61 Å². The van der Waals surface area contributed by atoms with Crippen LogP contribution in [0.4, 0.5) is 0 Å². The molecule has 0 saturated carbocycles. The average Bonchev–Trinajstić information content (AvgIpc) is 2.48. The summed E-state index contributed by atoms with van der Waals surface area (Å²) in [6, 6.07) is 6.77. The molecule has 3 N–H and O–H groups in total. The van der Waals surface area contributed by atoms with Crippen LogP contribution in [0.25, 0.3) is 0 Å². The Hall–Kier alpha value is -1.34. The predicted molar refractivity (Wildman–Crippen MR) is 90.1 cm³/mol. The van der Waals surface area contributed by atoms with Crippen molar-refractivity contribution in [2.75, 3.05) is 12.5 Å². The van der Waals surface area contributed by atoms with Crippen LogP contribution in [0.2, 0.25) is 5.02 Å². The summed E-state index contributed by atoms with van der Waals surface area (Å²) >= 11 is 11.2. The van der Waals surface area contributed by atoms with Crippen molar-refractivity contribution >= 4 is 35.6 Å². The second-order valence-electron chi connectivity index (χ2n) is 5.33. The van der Waals surface area contributed by atoms with E-state index in [2.05, 4.69) is 4.74 Å². The van der Waals surface area contributed by atoms with Crippen molar-refractivity contribution in [3.05, 3.63) is 34.9 Å². The summed E-state index contributed by atoms with van der Waals surface area (Å²) in [5.41, 5.74) is 2.41. The van der Waals surface area contributed by atoms with Gasteiger partial charge in [0.15, 0.2) is 6.10 Å². The molecular weight excluding hydrogens is 343 g/mol. The highest BCUT2D eigenvalue weighted by molar-refractivity contribution is 6.30. The molecule has 1 aromatic rings. The zero-order chi connectivity index (χ0) is 17.9. The van der Waals surface area contributed by atoms with E-state index in [0.717, 1.165) is 0 Å². The number of rotatable bonds is 6. The lowest BCUT2D eigenvalue weighted by atomic mass is 10.1. The van der Waals surface area contributed by atoms with Crippen molar-refractivity contribution < 1.29 is 19.1 Å². The van der Waals surface area contributed by atoms with Gasteiger partial charge in [-0.2, -0.15) is 0 Å². The van der Waals surface area contributed by atoms with Gasteiger partial charge in [0.25, 0.3) is 12.4 Å². The van der Waals surface area contributed by atoms with Gasteiger partial charge in [0, 0.05) is 10.9 Å². The van der Waals surface area contributed by atoms with Crippen molar-refractivity contribution in [3.8, 4) is 0 Å². The van der Waals surface area contributed by atoms with Crippen LogP contribution >= 0.6 is 23.2 Å². The number of halogens is 2. The summed E-state index contributed by atoms with van der Waals surface area (Å²) in [6.45, 7) is 6.19. The third kappa shape index (κ3) is 10.1. The van der Waals surface area contributed by atoms with Crippen molar-refractivity contribution in [2.45, 2.75) is 32.5 Å². The summed E-state index contributed by atoms with van der Waals surface area (Å²) in [7, 11) is 0. The Balaban J connectivity index is 0.000000585. The monoisotopic (exact) mass is 364 g/mol. The van der Waals surface area contributed by atoms with Gasteiger partial charge >= 0.3 is 0 Å². The first-order valence-electron chi connectivity index (χ1n) is 6.80. The fourth-order valence-electron chi connectivity index (χ4n) is 1.34. The highest BCUT2D eigenvalue weighted by Crippen LogP contribution is 2.20. The minimum absolute atomic E-state index is 0.266. The minimum Gasteiger partial charge on any atom is -0.462 e. The number of nitrogens with one attached hydrogen (secondary N) is 1. The first-order chi connectivity index (χ1) is 10.7. The van der Waals surface area contributed by atoms with Gasteiger partial charge in [-0.1, -0.05) is 23.7 Å². The lowest BCUT2D eigenvalue weighted by molar-refractivity contribution is -0.138. The Bertz CT molecular complexity index is 475. The van der Waals surface area contributed by atoms with E-state index in [-0.39, 0.29) is 12.2 Å². The quantitative estimate of drug-likeness (QED) is 0.266. The molecule has 0 spiro atoms. The number of hydrogen-bond acceptors (Lipinski definition) is 5. The topological polar surface area (TPSA) is 90.6 Å².